The number of carbonyl (C=O) groups excluding carboxylic acids is 2. The van der Waals surface area contributed by atoms with E-state index in [1.165, 1.54) is 13.4 Å². The topological polar surface area (TPSA) is 68.5 Å². The maximum Gasteiger partial charge on any atom is 0.328 e. The quantitative estimate of drug-likeness (QED) is 0.809. The lowest BCUT2D eigenvalue weighted by Crippen LogP contribution is -2.45. The van der Waals surface area contributed by atoms with Crippen molar-refractivity contribution in [3.05, 3.63) is 23.7 Å². The first-order chi connectivity index (χ1) is 7.97. The second-order valence-electron chi connectivity index (χ2n) is 4.11. The molecule has 0 fully saturated rings. The van der Waals surface area contributed by atoms with Crippen LogP contribution in [-0.2, 0) is 9.53 Å². The molecule has 0 saturated carbocycles. The van der Waals surface area contributed by atoms with Gasteiger partial charge in [0.25, 0.3) is 5.91 Å². The van der Waals surface area contributed by atoms with Crippen LogP contribution in [0.5, 0.6) is 0 Å². The van der Waals surface area contributed by atoms with E-state index in [1.807, 2.05) is 13.8 Å². The lowest BCUT2D eigenvalue weighted by atomic mass is 10.0. The molecule has 1 atom stereocenters. The van der Waals surface area contributed by atoms with E-state index in [0.717, 1.165) is 0 Å². The number of furan rings is 1. The van der Waals surface area contributed by atoms with E-state index in [2.05, 4.69) is 10.1 Å². The fraction of sp³-hybridized carbons (Fsp3) is 0.500. The van der Waals surface area contributed by atoms with Gasteiger partial charge in [0.15, 0.2) is 0 Å². The normalized spacial score (nSPS) is 12.3. The van der Waals surface area contributed by atoms with Gasteiger partial charge >= 0.3 is 5.97 Å². The van der Waals surface area contributed by atoms with Crippen LogP contribution in [0.15, 0.2) is 16.7 Å². The molecule has 0 aliphatic rings. The second kappa shape index (κ2) is 5.52. The third kappa shape index (κ3) is 3.09. The molecule has 1 unspecified atom stereocenters. The number of hydrogen-bond acceptors (Lipinski definition) is 4. The SMILES string of the molecule is COC(=O)C(NC(=O)c1ccoc1C)C(C)C. The van der Waals surface area contributed by atoms with Crippen LogP contribution in [0.25, 0.3) is 0 Å². The van der Waals surface area contributed by atoms with Crippen LogP contribution < -0.4 is 5.32 Å². The van der Waals surface area contributed by atoms with Crippen molar-refractivity contribution in [3.63, 3.8) is 0 Å². The van der Waals surface area contributed by atoms with Crippen molar-refractivity contribution in [3.8, 4) is 0 Å². The third-order valence-electron chi connectivity index (χ3n) is 2.51. The molecule has 5 nitrogen and oxygen atoms in total. The molecule has 1 rings (SSSR count). The first-order valence-corrected chi connectivity index (χ1v) is 5.40. The average molecular weight is 239 g/mol. The number of carbonyl (C=O) groups is 2. The van der Waals surface area contributed by atoms with Crippen LogP contribution in [0, 0.1) is 12.8 Å². The highest BCUT2D eigenvalue weighted by Crippen LogP contribution is 2.10. The summed E-state index contributed by atoms with van der Waals surface area (Å²) in [5.74, 6) is -0.302. The average Bonchev–Trinajstić information content (AvgIpc) is 2.70. The van der Waals surface area contributed by atoms with Gasteiger partial charge in [0.05, 0.1) is 18.9 Å². The molecule has 0 spiro atoms. The molecule has 1 amide bonds. The minimum atomic E-state index is -0.651. The van der Waals surface area contributed by atoms with Crippen LogP contribution in [0.1, 0.15) is 30.0 Å². The molecule has 5 heteroatoms. The highest BCUT2D eigenvalue weighted by atomic mass is 16.5. The standard InChI is InChI=1S/C12H17NO4/c1-7(2)10(12(15)16-4)13-11(14)9-5-6-17-8(9)3/h5-7,10H,1-4H3,(H,13,14). The summed E-state index contributed by atoms with van der Waals surface area (Å²) in [6, 6.07) is 0.918. The van der Waals surface area contributed by atoms with E-state index in [-0.39, 0.29) is 11.8 Å². The highest BCUT2D eigenvalue weighted by molar-refractivity contribution is 5.97. The summed E-state index contributed by atoms with van der Waals surface area (Å²) in [7, 11) is 1.30. The molecule has 0 aromatic carbocycles. The van der Waals surface area contributed by atoms with Crippen molar-refractivity contribution >= 4 is 11.9 Å². The van der Waals surface area contributed by atoms with E-state index in [9.17, 15) is 9.59 Å². The zero-order valence-electron chi connectivity index (χ0n) is 10.4. The molecule has 1 aromatic heterocycles. The first kappa shape index (κ1) is 13.3. The number of ether oxygens (including phenoxy) is 1. The summed E-state index contributed by atoms with van der Waals surface area (Å²) >= 11 is 0. The summed E-state index contributed by atoms with van der Waals surface area (Å²) in [5, 5.41) is 2.64. The Morgan fingerprint density at radius 2 is 2.06 bits per heavy atom. The molecule has 0 bridgehead atoms. The molecular weight excluding hydrogens is 222 g/mol. The maximum atomic E-state index is 11.9. The molecule has 0 saturated heterocycles. The van der Waals surface area contributed by atoms with Gasteiger partial charge in [0, 0.05) is 0 Å². The minimum absolute atomic E-state index is 0.0430. The summed E-state index contributed by atoms with van der Waals surface area (Å²) in [4.78, 5) is 23.4. The predicted molar refractivity (Wildman–Crippen MR) is 61.6 cm³/mol. The Bertz CT molecular complexity index is 408. The van der Waals surface area contributed by atoms with E-state index in [1.54, 1.807) is 13.0 Å². The Kier molecular flexibility index (Phi) is 4.31. The monoisotopic (exact) mass is 239 g/mol. The smallest absolute Gasteiger partial charge is 0.328 e. The van der Waals surface area contributed by atoms with Crippen molar-refractivity contribution in [2.24, 2.45) is 5.92 Å². The van der Waals surface area contributed by atoms with Crippen LogP contribution in [0.3, 0.4) is 0 Å². The summed E-state index contributed by atoms with van der Waals surface area (Å²) in [5.41, 5.74) is 0.430. The molecule has 0 radical (unpaired) electrons. The molecule has 0 aliphatic heterocycles. The lowest BCUT2D eigenvalue weighted by Gasteiger charge is -2.19. The van der Waals surface area contributed by atoms with Crippen LogP contribution in [0.2, 0.25) is 0 Å². The number of aryl methyl sites for hydroxylation is 1. The van der Waals surface area contributed by atoms with Gasteiger partial charge in [-0.05, 0) is 18.9 Å². The van der Waals surface area contributed by atoms with E-state index < -0.39 is 12.0 Å². The Morgan fingerprint density at radius 1 is 1.41 bits per heavy atom. The zero-order chi connectivity index (χ0) is 13.0. The number of amides is 1. The molecule has 1 aromatic rings. The van der Waals surface area contributed by atoms with Gasteiger partial charge in [-0.15, -0.1) is 0 Å². The molecule has 1 N–H and O–H groups in total. The Morgan fingerprint density at radius 3 is 2.47 bits per heavy atom. The zero-order valence-corrected chi connectivity index (χ0v) is 10.4. The predicted octanol–water partition coefficient (Wildman–Crippen LogP) is 1.52. The first-order valence-electron chi connectivity index (χ1n) is 5.40. The van der Waals surface area contributed by atoms with Gasteiger partial charge in [-0.1, -0.05) is 13.8 Å². The Balaban J connectivity index is 2.78. The van der Waals surface area contributed by atoms with Gasteiger partial charge in [-0.25, -0.2) is 4.79 Å². The van der Waals surface area contributed by atoms with Crippen LogP contribution in [-0.4, -0.2) is 25.0 Å². The number of methoxy groups -OCH3 is 1. The third-order valence-corrected chi connectivity index (χ3v) is 2.51. The van der Waals surface area contributed by atoms with Crippen molar-refractivity contribution in [2.45, 2.75) is 26.8 Å². The molecule has 94 valence electrons. The van der Waals surface area contributed by atoms with E-state index in [4.69, 9.17) is 4.42 Å². The fourth-order valence-electron chi connectivity index (χ4n) is 1.46. The van der Waals surface area contributed by atoms with Crippen molar-refractivity contribution in [2.75, 3.05) is 7.11 Å². The fourth-order valence-corrected chi connectivity index (χ4v) is 1.46. The van der Waals surface area contributed by atoms with Crippen LogP contribution in [0.4, 0.5) is 0 Å². The van der Waals surface area contributed by atoms with Crippen molar-refractivity contribution < 1.29 is 18.7 Å². The molecule has 1 heterocycles. The Labute approximate surface area is 100 Å². The van der Waals surface area contributed by atoms with Crippen molar-refractivity contribution in [1.82, 2.24) is 5.32 Å². The maximum absolute atomic E-state index is 11.9. The number of esters is 1. The van der Waals surface area contributed by atoms with Gasteiger partial charge in [0.1, 0.15) is 11.8 Å². The molecule has 17 heavy (non-hydrogen) atoms. The van der Waals surface area contributed by atoms with Gasteiger partial charge in [-0.3, -0.25) is 4.79 Å². The highest BCUT2D eigenvalue weighted by Gasteiger charge is 2.26. The summed E-state index contributed by atoms with van der Waals surface area (Å²) in [6.45, 7) is 5.37. The second-order valence-corrected chi connectivity index (χ2v) is 4.11. The lowest BCUT2D eigenvalue weighted by molar-refractivity contribution is -0.144. The van der Waals surface area contributed by atoms with E-state index in [0.29, 0.717) is 11.3 Å². The number of nitrogens with one attached hydrogen (secondary N) is 1. The Hall–Kier alpha value is -1.78. The minimum Gasteiger partial charge on any atom is -0.469 e. The van der Waals surface area contributed by atoms with E-state index >= 15 is 0 Å². The summed E-state index contributed by atoms with van der Waals surface area (Å²) < 4.78 is 9.68. The molecule has 0 aliphatic carbocycles. The number of hydrogen-bond donors (Lipinski definition) is 1. The molecular formula is C12H17NO4. The number of rotatable bonds is 4. The van der Waals surface area contributed by atoms with Crippen LogP contribution >= 0.6 is 0 Å². The van der Waals surface area contributed by atoms with Gasteiger partial charge in [-0.2, -0.15) is 0 Å². The van der Waals surface area contributed by atoms with Crippen molar-refractivity contribution in [1.29, 1.82) is 0 Å². The van der Waals surface area contributed by atoms with Gasteiger partial charge < -0.3 is 14.5 Å². The van der Waals surface area contributed by atoms with Gasteiger partial charge in [0.2, 0.25) is 0 Å². The largest absolute Gasteiger partial charge is 0.469 e. The summed E-state index contributed by atoms with van der Waals surface area (Å²) in [6.07, 6.45) is 1.44.